The van der Waals surface area contributed by atoms with Crippen LogP contribution in [0.3, 0.4) is 0 Å². The van der Waals surface area contributed by atoms with Crippen LogP contribution in [0.5, 0.6) is 0 Å². The number of benzene rings is 1. The molecule has 0 aliphatic heterocycles. The molecule has 30 heavy (non-hydrogen) atoms. The zero-order valence-electron chi connectivity index (χ0n) is 15.6. The van der Waals surface area contributed by atoms with Crippen LogP contribution in [-0.4, -0.2) is 29.8 Å². The van der Waals surface area contributed by atoms with Gasteiger partial charge in [0, 0.05) is 12.3 Å². The van der Waals surface area contributed by atoms with Crippen molar-refractivity contribution in [2.75, 3.05) is 5.32 Å². The van der Waals surface area contributed by atoms with Gasteiger partial charge in [0.25, 0.3) is 0 Å². The predicted molar refractivity (Wildman–Crippen MR) is 107 cm³/mol. The van der Waals surface area contributed by atoms with Crippen molar-refractivity contribution in [1.29, 1.82) is 0 Å². The Morgan fingerprint density at radius 2 is 1.83 bits per heavy atom. The van der Waals surface area contributed by atoms with E-state index in [4.69, 9.17) is 11.6 Å². The van der Waals surface area contributed by atoms with Crippen LogP contribution >= 0.6 is 22.9 Å². The molecule has 0 fully saturated rings. The van der Waals surface area contributed by atoms with Gasteiger partial charge in [0.2, 0.25) is 5.13 Å². The van der Waals surface area contributed by atoms with E-state index in [2.05, 4.69) is 25.7 Å². The molecule has 1 aromatic carbocycles. The van der Waals surface area contributed by atoms with Gasteiger partial charge in [-0.2, -0.15) is 23.4 Å². The molecule has 0 amide bonds. The third-order valence-corrected chi connectivity index (χ3v) is 5.49. The standard InChI is InChI=1S/C18H15ClF3N7S/c1-11-15(19)16(18(20,21)22)27-29(11)10-14-24-25-17(30-14)23-13-7-8-28(26-13)9-12-5-3-2-4-6-12/h2-8H,9-10H2,1H3,(H,23,25,26). The zero-order chi connectivity index (χ0) is 21.3. The van der Waals surface area contributed by atoms with E-state index >= 15 is 0 Å². The summed E-state index contributed by atoms with van der Waals surface area (Å²) < 4.78 is 41.8. The quantitative estimate of drug-likeness (QED) is 0.456. The summed E-state index contributed by atoms with van der Waals surface area (Å²) >= 11 is 6.98. The van der Waals surface area contributed by atoms with Gasteiger partial charge in [-0.25, -0.2) is 0 Å². The van der Waals surface area contributed by atoms with Gasteiger partial charge in [-0.15, -0.1) is 10.2 Å². The van der Waals surface area contributed by atoms with E-state index < -0.39 is 16.9 Å². The van der Waals surface area contributed by atoms with Crippen molar-refractivity contribution in [3.8, 4) is 0 Å². The van der Waals surface area contributed by atoms with Crippen LogP contribution < -0.4 is 5.32 Å². The summed E-state index contributed by atoms with van der Waals surface area (Å²) in [5.74, 6) is 0.589. The van der Waals surface area contributed by atoms with Crippen LogP contribution in [0.2, 0.25) is 5.02 Å². The van der Waals surface area contributed by atoms with Gasteiger partial charge in [-0.3, -0.25) is 9.36 Å². The molecule has 156 valence electrons. The molecule has 0 spiro atoms. The summed E-state index contributed by atoms with van der Waals surface area (Å²) in [5.41, 5.74) is 0.235. The summed E-state index contributed by atoms with van der Waals surface area (Å²) in [6, 6.07) is 11.7. The Balaban J connectivity index is 1.43. The van der Waals surface area contributed by atoms with E-state index in [0.29, 0.717) is 22.5 Å². The molecular weight excluding hydrogens is 439 g/mol. The Morgan fingerprint density at radius 3 is 2.53 bits per heavy atom. The van der Waals surface area contributed by atoms with Crippen molar-refractivity contribution < 1.29 is 13.2 Å². The molecule has 3 heterocycles. The summed E-state index contributed by atoms with van der Waals surface area (Å²) in [5, 5.41) is 19.6. The lowest BCUT2D eigenvalue weighted by Crippen LogP contribution is -2.09. The van der Waals surface area contributed by atoms with Crippen LogP contribution in [0.4, 0.5) is 24.1 Å². The SMILES string of the molecule is Cc1c(Cl)c(C(F)(F)F)nn1Cc1nnc(Nc2ccn(Cc3ccccc3)n2)s1. The molecule has 7 nitrogen and oxygen atoms in total. The van der Waals surface area contributed by atoms with Gasteiger partial charge >= 0.3 is 6.18 Å². The van der Waals surface area contributed by atoms with Crippen LogP contribution in [-0.2, 0) is 19.3 Å². The molecule has 4 rings (SSSR count). The smallest absolute Gasteiger partial charge is 0.313 e. The first-order valence-corrected chi connectivity index (χ1v) is 9.96. The topological polar surface area (TPSA) is 73.5 Å². The van der Waals surface area contributed by atoms with Gasteiger partial charge in [0.1, 0.15) is 5.01 Å². The Bertz CT molecular complexity index is 1150. The normalized spacial score (nSPS) is 11.8. The number of nitrogens with zero attached hydrogens (tertiary/aromatic N) is 6. The summed E-state index contributed by atoms with van der Waals surface area (Å²) in [7, 11) is 0. The second-order valence-corrected chi connectivity index (χ2v) is 7.85. The molecule has 12 heteroatoms. The Morgan fingerprint density at radius 1 is 1.07 bits per heavy atom. The average molecular weight is 454 g/mol. The Labute approximate surface area is 178 Å². The lowest BCUT2D eigenvalue weighted by Gasteiger charge is -2.02. The molecule has 3 aromatic heterocycles. The first-order chi connectivity index (χ1) is 14.3. The Hall–Kier alpha value is -2.92. The lowest BCUT2D eigenvalue weighted by atomic mass is 10.2. The molecule has 4 aromatic rings. The lowest BCUT2D eigenvalue weighted by molar-refractivity contribution is -0.141. The van der Waals surface area contributed by atoms with E-state index in [1.54, 1.807) is 10.7 Å². The largest absolute Gasteiger partial charge is 0.436 e. The maximum Gasteiger partial charge on any atom is 0.436 e. The fourth-order valence-electron chi connectivity index (χ4n) is 2.75. The van der Waals surface area contributed by atoms with Gasteiger partial charge in [-0.1, -0.05) is 53.3 Å². The molecule has 0 saturated carbocycles. The van der Waals surface area contributed by atoms with Gasteiger partial charge < -0.3 is 5.32 Å². The molecule has 0 saturated heterocycles. The third-order valence-electron chi connectivity index (χ3n) is 4.22. The van der Waals surface area contributed by atoms with Crippen molar-refractivity contribution in [3.63, 3.8) is 0 Å². The summed E-state index contributed by atoms with van der Waals surface area (Å²) in [4.78, 5) is 0. The predicted octanol–water partition coefficient (Wildman–Crippen LogP) is 4.75. The second-order valence-electron chi connectivity index (χ2n) is 6.41. The molecule has 0 aliphatic rings. The fraction of sp³-hybridized carbons (Fsp3) is 0.222. The molecule has 0 radical (unpaired) electrons. The summed E-state index contributed by atoms with van der Waals surface area (Å²) in [6.07, 6.45) is -2.77. The first-order valence-electron chi connectivity index (χ1n) is 8.76. The first kappa shape index (κ1) is 20.4. The van der Waals surface area contributed by atoms with E-state index in [0.717, 1.165) is 5.56 Å². The molecule has 0 unspecified atom stereocenters. The van der Waals surface area contributed by atoms with Crippen molar-refractivity contribution in [3.05, 3.63) is 69.6 Å². The maximum absolute atomic E-state index is 13.0. The van der Waals surface area contributed by atoms with Crippen LogP contribution in [0.25, 0.3) is 0 Å². The number of anilines is 2. The number of hydrogen-bond donors (Lipinski definition) is 1. The van der Waals surface area contributed by atoms with Crippen LogP contribution in [0.15, 0.2) is 42.6 Å². The summed E-state index contributed by atoms with van der Waals surface area (Å²) in [6.45, 7) is 2.14. The van der Waals surface area contributed by atoms with Crippen molar-refractivity contribution in [2.45, 2.75) is 26.2 Å². The minimum atomic E-state index is -4.61. The molecule has 0 aliphatic carbocycles. The van der Waals surface area contributed by atoms with Crippen molar-refractivity contribution in [2.24, 2.45) is 0 Å². The molecule has 0 atom stereocenters. The molecule has 0 bridgehead atoms. The highest BCUT2D eigenvalue weighted by Crippen LogP contribution is 2.35. The number of alkyl halides is 3. The fourth-order valence-corrected chi connectivity index (χ4v) is 3.72. The van der Waals surface area contributed by atoms with E-state index in [9.17, 15) is 13.2 Å². The number of nitrogens with one attached hydrogen (secondary N) is 1. The van der Waals surface area contributed by atoms with E-state index in [-0.39, 0.29) is 12.2 Å². The monoisotopic (exact) mass is 453 g/mol. The van der Waals surface area contributed by atoms with Gasteiger partial charge in [0.05, 0.1) is 23.8 Å². The minimum Gasteiger partial charge on any atom is -0.313 e. The van der Waals surface area contributed by atoms with E-state index in [1.807, 2.05) is 36.5 Å². The van der Waals surface area contributed by atoms with Crippen LogP contribution in [0, 0.1) is 6.92 Å². The van der Waals surface area contributed by atoms with Gasteiger partial charge in [0.15, 0.2) is 11.5 Å². The number of halogens is 4. The highest BCUT2D eigenvalue weighted by Gasteiger charge is 2.38. The number of hydrogen-bond acceptors (Lipinski definition) is 6. The van der Waals surface area contributed by atoms with Gasteiger partial charge in [-0.05, 0) is 12.5 Å². The second kappa shape index (κ2) is 8.07. The number of aromatic nitrogens is 6. The average Bonchev–Trinajstić information content (AvgIpc) is 3.39. The van der Waals surface area contributed by atoms with Crippen molar-refractivity contribution in [1.82, 2.24) is 29.8 Å². The maximum atomic E-state index is 13.0. The highest BCUT2D eigenvalue weighted by molar-refractivity contribution is 7.15. The number of rotatable bonds is 6. The van der Waals surface area contributed by atoms with E-state index in [1.165, 1.54) is 22.9 Å². The highest BCUT2D eigenvalue weighted by atomic mass is 35.5. The molecular formula is C18H15ClF3N7S. The van der Waals surface area contributed by atoms with Crippen LogP contribution in [0.1, 0.15) is 22.0 Å². The minimum absolute atomic E-state index is 0.0312. The third kappa shape index (κ3) is 4.46. The van der Waals surface area contributed by atoms with Crippen molar-refractivity contribution >= 4 is 33.9 Å². The molecule has 1 N–H and O–H groups in total. The zero-order valence-corrected chi connectivity index (χ0v) is 17.1. The Kier molecular flexibility index (Phi) is 5.48.